The van der Waals surface area contributed by atoms with Gasteiger partial charge in [-0.25, -0.2) is 14.6 Å². The lowest BCUT2D eigenvalue weighted by Gasteiger charge is -2.31. The molecule has 19 heavy (non-hydrogen) atoms. The van der Waals surface area contributed by atoms with Crippen LogP contribution in [-0.4, -0.2) is 57.8 Å². The summed E-state index contributed by atoms with van der Waals surface area (Å²) >= 11 is 0. The second-order valence-corrected chi connectivity index (χ2v) is 4.29. The number of carboxylic acids is 1. The fourth-order valence-corrected chi connectivity index (χ4v) is 1.84. The molecule has 2 heterocycles. The van der Waals surface area contributed by atoms with Gasteiger partial charge >= 0.3 is 12.0 Å². The first-order valence-corrected chi connectivity index (χ1v) is 5.97. The minimum atomic E-state index is -1.06. The summed E-state index contributed by atoms with van der Waals surface area (Å²) in [6, 6.07) is -0.591. The van der Waals surface area contributed by atoms with Crippen LogP contribution in [0.25, 0.3) is 0 Å². The molecule has 104 valence electrons. The monoisotopic (exact) mass is 268 g/mol. The molecule has 2 atom stereocenters. The van der Waals surface area contributed by atoms with Crippen molar-refractivity contribution in [3.05, 3.63) is 18.2 Å². The predicted molar refractivity (Wildman–Crippen MR) is 64.5 cm³/mol. The Kier molecular flexibility index (Phi) is 4.00. The number of aromatic nitrogens is 2. The van der Waals surface area contributed by atoms with Crippen molar-refractivity contribution in [1.82, 2.24) is 20.2 Å². The average Bonchev–Trinajstić information content (AvgIpc) is 2.92. The number of carboxylic acid groups (broad SMARTS) is 1. The predicted octanol–water partition coefficient (Wildman–Crippen LogP) is -0.0343. The van der Waals surface area contributed by atoms with Gasteiger partial charge in [-0.05, 0) is 6.92 Å². The quantitative estimate of drug-likeness (QED) is 0.713. The highest BCUT2D eigenvalue weighted by atomic mass is 16.5. The molecule has 0 spiro atoms. The van der Waals surface area contributed by atoms with E-state index in [1.807, 2.05) is 0 Å². The van der Waals surface area contributed by atoms with Gasteiger partial charge in [-0.3, -0.25) is 0 Å². The van der Waals surface area contributed by atoms with E-state index in [0.717, 1.165) is 0 Å². The zero-order chi connectivity index (χ0) is 13.8. The number of hydrogen-bond donors (Lipinski definition) is 3. The number of nitrogens with one attached hydrogen (secondary N) is 2. The Labute approximate surface area is 109 Å². The summed E-state index contributed by atoms with van der Waals surface area (Å²) in [7, 11) is 0. The summed E-state index contributed by atoms with van der Waals surface area (Å²) in [6.07, 6.45) is 2.32. The number of amides is 2. The van der Waals surface area contributed by atoms with Crippen LogP contribution in [0, 0.1) is 0 Å². The fourth-order valence-electron chi connectivity index (χ4n) is 1.84. The first-order chi connectivity index (χ1) is 9.08. The molecule has 0 saturated carbocycles. The second kappa shape index (κ2) is 5.70. The molecule has 1 aliphatic heterocycles. The number of carbonyl (C=O) groups excluding carboxylic acids is 1. The van der Waals surface area contributed by atoms with E-state index in [1.165, 1.54) is 4.90 Å². The van der Waals surface area contributed by atoms with Gasteiger partial charge < -0.3 is 25.0 Å². The Balaban J connectivity index is 1.91. The van der Waals surface area contributed by atoms with Crippen LogP contribution in [0.1, 0.15) is 18.8 Å². The van der Waals surface area contributed by atoms with E-state index >= 15 is 0 Å². The molecule has 0 aliphatic carbocycles. The third-order valence-electron chi connectivity index (χ3n) is 2.90. The Morgan fingerprint density at radius 2 is 2.47 bits per heavy atom. The molecule has 2 rings (SSSR count). The third-order valence-corrected chi connectivity index (χ3v) is 2.90. The lowest BCUT2D eigenvalue weighted by atomic mass is 10.3. The molecule has 8 nitrogen and oxygen atoms in total. The van der Waals surface area contributed by atoms with Gasteiger partial charge in [-0.1, -0.05) is 0 Å². The normalized spacial score (nSPS) is 20.9. The highest BCUT2D eigenvalue weighted by Gasteiger charge is 2.29. The summed E-state index contributed by atoms with van der Waals surface area (Å²) in [5.74, 6) is -0.409. The van der Waals surface area contributed by atoms with E-state index in [-0.39, 0.29) is 25.2 Å². The summed E-state index contributed by atoms with van der Waals surface area (Å²) in [5, 5.41) is 11.6. The van der Waals surface area contributed by atoms with Crippen LogP contribution in [0.5, 0.6) is 0 Å². The number of nitrogens with zero attached hydrogens (tertiary/aromatic N) is 2. The molecule has 2 unspecified atom stereocenters. The van der Waals surface area contributed by atoms with Crippen molar-refractivity contribution in [2.24, 2.45) is 0 Å². The largest absolute Gasteiger partial charge is 0.479 e. The van der Waals surface area contributed by atoms with Crippen LogP contribution in [-0.2, 0) is 9.53 Å². The van der Waals surface area contributed by atoms with E-state index in [2.05, 4.69) is 15.3 Å². The number of urea groups is 1. The van der Waals surface area contributed by atoms with Crippen molar-refractivity contribution in [1.29, 1.82) is 0 Å². The number of H-pyrrole nitrogens is 1. The van der Waals surface area contributed by atoms with Crippen molar-refractivity contribution < 1.29 is 19.4 Å². The van der Waals surface area contributed by atoms with Gasteiger partial charge in [0.15, 0.2) is 6.10 Å². The number of morpholine rings is 1. The molecule has 8 heteroatoms. The maximum atomic E-state index is 12.0. The molecule has 1 saturated heterocycles. The van der Waals surface area contributed by atoms with Crippen molar-refractivity contribution in [3.63, 3.8) is 0 Å². The molecule has 1 fully saturated rings. The topological polar surface area (TPSA) is 108 Å². The van der Waals surface area contributed by atoms with E-state index in [9.17, 15) is 9.59 Å². The molecule has 1 aromatic heterocycles. The summed E-state index contributed by atoms with van der Waals surface area (Å²) in [5.41, 5.74) is 0. The molecule has 3 N–H and O–H groups in total. The van der Waals surface area contributed by atoms with Crippen LogP contribution in [0.2, 0.25) is 0 Å². The number of imidazole rings is 1. The highest BCUT2D eigenvalue weighted by Crippen LogP contribution is 2.09. The van der Waals surface area contributed by atoms with E-state index < -0.39 is 12.1 Å². The molecule has 0 radical (unpaired) electrons. The molecular weight excluding hydrogens is 252 g/mol. The Bertz CT molecular complexity index is 448. The zero-order valence-electron chi connectivity index (χ0n) is 10.5. The maximum Gasteiger partial charge on any atom is 0.334 e. The van der Waals surface area contributed by atoms with Gasteiger partial charge in [0.2, 0.25) is 0 Å². The lowest BCUT2D eigenvalue weighted by molar-refractivity contribution is -0.154. The standard InChI is InChI=1S/C11H16N4O4/c1-7(9-12-2-3-13-9)14-11(18)15-4-5-19-8(6-15)10(16)17/h2-3,7-8H,4-6H2,1H3,(H,12,13)(H,14,18)(H,16,17). The number of hydrogen-bond acceptors (Lipinski definition) is 4. The molecule has 0 bridgehead atoms. The Morgan fingerprint density at radius 3 is 3.11 bits per heavy atom. The number of rotatable bonds is 3. The Hall–Kier alpha value is -2.09. The zero-order valence-corrected chi connectivity index (χ0v) is 10.5. The minimum absolute atomic E-state index is 0.0477. The molecular formula is C11H16N4O4. The van der Waals surface area contributed by atoms with Crippen molar-refractivity contribution in [3.8, 4) is 0 Å². The first kappa shape index (κ1) is 13.3. The molecule has 1 aromatic rings. The minimum Gasteiger partial charge on any atom is -0.479 e. The molecule has 0 aromatic carbocycles. The third kappa shape index (κ3) is 3.22. The highest BCUT2D eigenvalue weighted by molar-refractivity contribution is 5.77. The number of aliphatic carboxylic acids is 1. The average molecular weight is 268 g/mol. The second-order valence-electron chi connectivity index (χ2n) is 4.29. The van der Waals surface area contributed by atoms with Gasteiger partial charge in [-0.2, -0.15) is 0 Å². The van der Waals surface area contributed by atoms with Crippen molar-refractivity contribution >= 4 is 12.0 Å². The van der Waals surface area contributed by atoms with E-state index in [1.54, 1.807) is 19.3 Å². The lowest BCUT2D eigenvalue weighted by Crippen LogP contribution is -2.52. The van der Waals surface area contributed by atoms with Crippen molar-refractivity contribution in [2.75, 3.05) is 19.7 Å². The van der Waals surface area contributed by atoms with Gasteiger partial charge in [0.05, 0.1) is 19.2 Å². The van der Waals surface area contributed by atoms with Crippen LogP contribution in [0.15, 0.2) is 12.4 Å². The van der Waals surface area contributed by atoms with Gasteiger partial charge in [0.1, 0.15) is 5.82 Å². The maximum absolute atomic E-state index is 12.0. The van der Waals surface area contributed by atoms with Gasteiger partial charge in [-0.15, -0.1) is 0 Å². The van der Waals surface area contributed by atoms with Crippen LogP contribution < -0.4 is 5.32 Å². The Morgan fingerprint density at radius 1 is 1.68 bits per heavy atom. The molecule has 2 amide bonds. The van der Waals surface area contributed by atoms with Crippen LogP contribution in [0.4, 0.5) is 4.79 Å². The van der Waals surface area contributed by atoms with Gasteiger partial charge in [0.25, 0.3) is 0 Å². The smallest absolute Gasteiger partial charge is 0.334 e. The number of aromatic amines is 1. The van der Waals surface area contributed by atoms with Crippen molar-refractivity contribution in [2.45, 2.75) is 19.1 Å². The number of ether oxygens (including phenoxy) is 1. The summed E-state index contributed by atoms with van der Waals surface area (Å²) < 4.78 is 5.06. The summed E-state index contributed by atoms with van der Waals surface area (Å²) in [6.45, 7) is 2.44. The number of carbonyl (C=O) groups is 2. The van der Waals surface area contributed by atoms with Gasteiger partial charge in [0, 0.05) is 18.9 Å². The van der Waals surface area contributed by atoms with Crippen LogP contribution in [0.3, 0.4) is 0 Å². The van der Waals surface area contributed by atoms with E-state index in [0.29, 0.717) is 12.4 Å². The summed E-state index contributed by atoms with van der Waals surface area (Å²) in [4.78, 5) is 31.2. The van der Waals surface area contributed by atoms with Crippen LogP contribution >= 0.6 is 0 Å². The first-order valence-electron chi connectivity index (χ1n) is 5.97. The van der Waals surface area contributed by atoms with E-state index in [4.69, 9.17) is 9.84 Å². The fraction of sp³-hybridized carbons (Fsp3) is 0.545. The SMILES string of the molecule is CC(NC(=O)N1CCOC(C(=O)O)C1)c1ncc[nH]1. The molecule has 1 aliphatic rings.